The van der Waals surface area contributed by atoms with Crippen LogP contribution in [-0.4, -0.2) is 37.6 Å². The van der Waals surface area contributed by atoms with Crippen molar-refractivity contribution < 1.29 is 14.3 Å². The predicted octanol–water partition coefficient (Wildman–Crippen LogP) is 4.54. The number of carbonyl (C=O) groups is 1. The highest BCUT2D eigenvalue weighted by Crippen LogP contribution is 2.44. The lowest BCUT2D eigenvalue weighted by Crippen LogP contribution is -2.47. The van der Waals surface area contributed by atoms with Gasteiger partial charge in [-0.25, -0.2) is 0 Å². The number of allylic oxidation sites excluding steroid dienone is 1. The normalized spacial score (nSPS) is 18.5. The fraction of sp³-hybridized carbons (Fsp3) is 0.333. The first kappa shape index (κ1) is 21.1. The van der Waals surface area contributed by atoms with Crippen LogP contribution in [0.1, 0.15) is 29.0 Å². The smallest absolute Gasteiger partial charge is 0.229 e. The summed E-state index contributed by atoms with van der Waals surface area (Å²) in [6.07, 6.45) is 0.253. The van der Waals surface area contributed by atoms with Crippen molar-refractivity contribution in [1.82, 2.24) is 4.90 Å². The van der Waals surface area contributed by atoms with Crippen LogP contribution >= 0.6 is 11.8 Å². The second-order valence-electron chi connectivity index (χ2n) is 7.75. The van der Waals surface area contributed by atoms with Gasteiger partial charge in [-0.2, -0.15) is 5.26 Å². The van der Waals surface area contributed by atoms with E-state index in [1.807, 2.05) is 18.2 Å². The second kappa shape index (κ2) is 8.56. The molecule has 1 amide bonds. The van der Waals surface area contributed by atoms with Gasteiger partial charge in [0.2, 0.25) is 5.91 Å². The summed E-state index contributed by atoms with van der Waals surface area (Å²) in [5, 5.41) is 10.8. The first-order valence-corrected chi connectivity index (χ1v) is 11.1. The lowest BCUT2D eigenvalue weighted by atomic mass is 9.86. The van der Waals surface area contributed by atoms with Crippen molar-refractivity contribution in [3.63, 3.8) is 0 Å². The Hall–Kier alpha value is -3.11. The van der Waals surface area contributed by atoms with Crippen molar-refractivity contribution >= 4 is 23.4 Å². The van der Waals surface area contributed by atoms with Crippen LogP contribution in [0, 0.1) is 25.2 Å². The van der Waals surface area contributed by atoms with Crippen molar-refractivity contribution in [1.29, 1.82) is 5.26 Å². The maximum Gasteiger partial charge on any atom is 0.229 e. The molecule has 4 rings (SSSR count). The van der Waals surface area contributed by atoms with Gasteiger partial charge in [-0.1, -0.05) is 23.9 Å². The van der Waals surface area contributed by atoms with E-state index in [4.69, 9.17) is 9.47 Å². The maximum absolute atomic E-state index is 13.1. The molecule has 2 aromatic carbocycles. The SMILES string of the molecule is COc1ccc([C@H]2CC(=O)N3CN(c4ccc(C)c(C)c4)CSC3=C2C#N)cc1OC. The van der Waals surface area contributed by atoms with Gasteiger partial charge in [-0.05, 0) is 54.8 Å². The number of nitrogens with zero attached hydrogens (tertiary/aromatic N) is 3. The lowest BCUT2D eigenvalue weighted by molar-refractivity contribution is -0.129. The number of fused-ring (bicyclic) bond motifs is 1. The zero-order valence-corrected chi connectivity index (χ0v) is 19.0. The number of thioether (sulfide) groups is 1. The summed E-state index contributed by atoms with van der Waals surface area (Å²) in [6.45, 7) is 4.63. The Morgan fingerprint density at radius 1 is 1.06 bits per heavy atom. The van der Waals surface area contributed by atoms with E-state index in [1.54, 1.807) is 30.9 Å². The summed E-state index contributed by atoms with van der Waals surface area (Å²) in [7, 11) is 3.17. The molecule has 0 unspecified atom stereocenters. The summed E-state index contributed by atoms with van der Waals surface area (Å²) in [5.74, 6) is 1.64. The summed E-state index contributed by atoms with van der Waals surface area (Å²) in [5.41, 5.74) is 5.07. The van der Waals surface area contributed by atoms with E-state index >= 15 is 0 Å². The third-order valence-electron chi connectivity index (χ3n) is 5.96. The second-order valence-corrected chi connectivity index (χ2v) is 8.68. The van der Waals surface area contributed by atoms with Crippen molar-refractivity contribution in [2.24, 2.45) is 0 Å². The van der Waals surface area contributed by atoms with Gasteiger partial charge in [0, 0.05) is 18.0 Å². The minimum Gasteiger partial charge on any atom is -0.493 e. The minimum absolute atomic E-state index is 0.0230. The van der Waals surface area contributed by atoms with Crippen molar-refractivity contribution in [2.75, 3.05) is 31.7 Å². The van der Waals surface area contributed by atoms with Crippen LogP contribution in [-0.2, 0) is 4.79 Å². The van der Waals surface area contributed by atoms with Gasteiger partial charge in [-0.3, -0.25) is 9.69 Å². The van der Waals surface area contributed by atoms with E-state index in [2.05, 4.69) is 43.0 Å². The van der Waals surface area contributed by atoms with Crippen LogP contribution < -0.4 is 14.4 Å². The zero-order valence-electron chi connectivity index (χ0n) is 18.1. The number of aryl methyl sites for hydroxylation is 2. The molecule has 0 bridgehead atoms. The average Bonchev–Trinajstić information content (AvgIpc) is 2.80. The fourth-order valence-electron chi connectivity index (χ4n) is 4.00. The van der Waals surface area contributed by atoms with Crippen molar-refractivity contribution in [3.05, 3.63) is 63.7 Å². The molecular weight excluding hydrogens is 410 g/mol. The fourth-order valence-corrected chi connectivity index (χ4v) is 5.17. The molecule has 2 aliphatic heterocycles. The highest BCUT2D eigenvalue weighted by molar-refractivity contribution is 8.03. The van der Waals surface area contributed by atoms with Crippen LogP contribution in [0.25, 0.3) is 0 Å². The zero-order chi connectivity index (χ0) is 22.1. The van der Waals surface area contributed by atoms with Crippen LogP contribution in [0.2, 0.25) is 0 Å². The van der Waals surface area contributed by atoms with Crippen LogP contribution in [0.15, 0.2) is 47.0 Å². The molecule has 2 aliphatic rings. The van der Waals surface area contributed by atoms with Crippen molar-refractivity contribution in [3.8, 4) is 17.6 Å². The predicted molar refractivity (Wildman–Crippen MR) is 122 cm³/mol. The number of benzene rings is 2. The summed E-state index contributed by atoms with van der Waals surface area (Å²) in [6, 6.07) is 14.3. The number of amides is 1. The third-order valence-corrected chi connectivity index (χ3v) is 7.11. The molecule has 2 heterocycles. The Labute approximate surface area is 187 Å². The Morgan fingerprint density at radius 3 is 2.52 bits per heavy atom. The topological polar surface area (TPSA) is 65.8 Å². The first-order valence-electron chi connectivity index (χ1n) is 10.1. The molecular formula is C24H25N3O3S. The number of ether oxygens (including phenoxy) is 2. The Kier molecular flexibility index (Phi) is 5.84. The molecule has 0 aliphatic carbocycles. The number of rotatable bonds is 4. The Balaban J connectivity index is 1.66. The molecule has 0 aromatic heterocycles. The van der Waals surface area contributed by atoms with Gasteiger partial charge in [0.05, 0.1) is 43.4 Å². The molecule has 31 heavy (non-hydrogen) atoms. The lowest BCUT2D eigenvalue weighted by Gasteiger charge is -2.42. The Bertz CT molecular complexity index is 1110. The molecule has 1 fully saturated rings. The van der Waals surface area contributed by atoms with E-state index in [0.717, 1.165) is 16.3 Å². The molecule has 0 saturated carbocycles. The van der Waals surface area contributed by atoms with E-state index in [0.29, 0.717) is 29.6 Å². The number of carbonyl (C=O) groups excluding carboxylic acids is 1. The van der Waals surface area contributed by atoms with Gasteiger partial charge in [0.15, 0.2) is 11.5 Å². The molecule has 1 atom stereocenters. The maximum atomic E-state index is 13.1. The standard InChI is InChI=1S/C24H25N3O3S/c1-15-5-7-18(9-16(15)2)26-13-27-23(28)11-19(20(12-25)24(27)31-14-26)17-6-8-21(29-3)22(10-17)30-4/h5-10,19H,11,13-14H2,1-4H3/t19-/m1/s1. The third kappa shape index (κ3) is 3.84. The van der Waals surface area contributed by atoms with Gasteiger partial charge in [0.25, 0.3) is 0 Å². The Morgan fingerprint density at radius 2 is 1.84 bits per heavy atom. The average molecular weight is 436 g/mol. The molecule has 0 radical (unpaired) electrons. The van der Waals surface area contributed by atoms with Crippen LogP contribution in [0.3, 0.4) is 0 Å². The minimum atomic E-state index is -0.288. The van der Waals surface area contributed by atoms with Crippen molar-refractivity contribution in [2.45, 2.75) is 26.2 Å². The highest BCUT2D eigenvalue weighted by Gasteiger charge is 2.38. The largest absolute Gasteiger partial charge is 0.493 e. The summed E-state index contributed by atoms with van der Waals surface area (Å²) < 4.78 is 10.7. The molecule has 0 spiro atoms. The van der Waals surface area contributed by atoms with E-state index in [-0.39, 0.29) is 18.2 Å². The summed E-state index contributed by atoms with van der Waals surface area (Å²) in [4.78, 5) is 17.1. The number of hydrogen-bond acceptors (Lipinski definition) is 6. The molecule has 2 aromatic rings. The number of nitriles is 1. The van der Waals surface area contributed by atoms with Gasteiger partial charge < -0.3 is 14.4 Å². The van der Waals surface area contributed by atoms with E-state index in [1.165, 1.54) is 11.1 Å². The molecule has 1 saturated heterocycles. The molecule has 6 nitrogen and oxygen atoms in total. The monoisotopic (exact) mass is 435 g/mol. The first-order chi connectivity index (χ1) is 15.0. The molecule has 0 N–H and O–H groups in total. The van der Waals surface area contributed by atoms with Crippen LogP contribution in [0.4, 0.5) is 5.69 Å². The van der Waals surface area contributed by atoms with Gasteiger partial charge in [0.1, 0.15) is 0 Å². The molecule has 160 valence electrons. The number of methoxy groups -OCH3 is 2. The quantitative estimate of drug-likeness (QED) is 0.703. The summed E-state index contributed by atoms with van der Waals surface area (Å²) >= 11 is 1.54. The van der Waals surface area contributed by atoms with Gasteiger partial charge in [-0.15, -0.1) is 0 Å². The van der Waals surface area contributed by atoms with E-state index in [9.17, 15) is 10.1 Å². The van der Waals surface area contributed by atoms with Crippen LogP contribution in [0.5, 0.6) is 11.5 Å². The highest BCUT2D eigenvalue weighted by atomic mass is 32.2. The molecule has 7 heteroatoms. The number of hydrogen-bond donors (Lipinski definition) is 0. The van der Waals surface area contributed by atoms with E-state index < -0.39 is 0 Å². The van der Waals surface area contributed by atoms with Gasteiger partial charge >= 0.3 is 0 Å². The number of anilines is 1.